The number of hydrogen-bond acceptors (Lipinski definition) is 5. The number of nitrogens with one attached hydrogen (secondary N) is 1. The van der Waals surface area contributed by atoms with Crippen molar-refractivity contribution < 1.29 is 0 Å². The third kappa shape index (κ3) is 2.33. The van der Waals surface area contributed by atoms with Gasteiger partial charge >= 0.3 is 0 Å². The predicted molar refractivity (Wildman–Crippen MR) is 66.0 cm³/mol. The van der Waals surface area contributed by atoms with E-state index in [1.165, 1.54) is 24.0 Å². The summed E-state index contributed by atoms with van der Waals surface area (Å²) in [4.78, 5) is 17.9. The number of nitrogens with two attached hydrogens (primary N) is 1. The van der Waals surface area contributed by atoms with Crippen LogP contribution in [0.1, 0.15) is 12.6 Å². The first-order valence-electron chi connectivity index (χ1n) is 5.18. The molecule has 0 saturated carbocycles. The number of hydrogen-bond donors (Lipinski definition) is 2. The monoisotopic (exact) mass is 251 g/mol. The summed E-state index contributed by atoms with van der Waals surface area (Å²) >= 11 is 1.31. The van der Waals surface area contributed by atoms with Crippen LogP contribution >= 0.6 is 11.8 Å². The Morgan fingerprint density at radius 2 is 2.35 bits per heavy atom. The summed E-state index contributed by atoms with van der Waals surface area (Å²) in [6.07, 6.45) is 1.47. The molecule has 90 valence electrons. The molecule has 0 unspecified atom stereocenters. The van der Waals surface area contributed by atoms with Gasteiger partial charge in [-0.25, -0.2) is 4.98 Å². The molecular formula is C10H13N5OS. The number of H-pyrrole nitrogens is 1. The molecule has 0 amide bonds. The molecule has 2 aromatic rings. The Balaban J connectivity index is 2.39. The van der Waals surface area contributed by atoms with Crippen molar-refractivity contribution in [3.8, 4) is 0 Å². The molecule has 0 aliphatic heterocycles. The molecule has 0 radical (unpaired) electrons. The van der Waals surface area contributed by atoms with Crippen LogP contribution in [-0.2, 0) is 6.54 Å². The highest BCUT2D eigenvalue weighted by molar-refractivity contribution is 7.99. The molecule has 0 atom stereocenters. The second-order valence-corrected chi connectivity index (χ2v) is 4.44. The van der Waals surface area contributed by atoms with E-state index in [9.17, 15) is 4.79 Å². The minimum absolute atomic E-state index is 0.180. The molecule has 2 aromatic heterocycles. The Kier molecular flexibility index (Phi) is 3.19. The number of aryl methyl sites for hydroxylation is 2. The first-order valence-corrected chi connectivity index (χ1v) is 5.99. The van der Waals surface area contributed by atoms with Crippen LogP contribution in [0.3, 0.4) is 0 Å². The molecule has 0 saturated heterocycles. The summed E-state index contributed by atoms with van der Waals surface area (Å²) in [5, 5.41) is 5.62. The lowest BCUT2D eigenvalue weighted by atomic mass is 10.4. The van der Waals surface area contributed by atoms with Crippen molar-refractivity contribution in [1.29, 1.82) is 0 Å². The predicted octanol–water partition coefficient (Wildman–Crippen LogP) is 1.03. The Bertz CT molecular complexity index is 589. The highest BCUT2D eigenvalue weighted by Gasteiger charge is 2.13. The fourth-order valence-corrected chi connectivity index (χ4v) is 2.37. The number of nitrogen functional groups attached to an aromatic ring is 1. The van der Waals surface area contributed by atoms with Gasteiger partial charge in [-0.3, -0.25) is 9.48 Å². The molecule has 0 aliphatic rings. The van der Waals surface area contributed by atoms with E-state index in [0.29, 0.717) is 10.8 Å². The van der Waals surface area contributed by atoms with Gasteiger partial charge in [0.2, 0.25) is 0 Å². The van der Waals surface area contributed by atoms with Crippen LogP contribution in [0.2, 0.25) is 0 Å². The SMILES string of the molecule is CCn1nc(C)c(N)c1Sc1nccc(=O)[nH]1. The van der Waals surface area contributed by atoms with E-state index in [4.69, 9.17) is 5.73 Å². The van der Waals surface area contributed by atoms with E-state index in [0.717, 1.165) is 17.3 Å². The zero-order valence-corrected chi connectivity index (χ0v) is 10.4. The summed E-state index contributed by atoms with van der Waals surface area (Å²) in [6, 6.07) is 1.37. The van der Waals surface area contributed by atoms with Gasteiger partial charge in [0.15, 0.2) is 5.16 Å². The molecule has 3 N–H and O–H groups in total. The van der Waals surface area contributed by atoms with Crippen LogP contribution in [0.4, 0.5) is 5.69 Å². The van der Waals surface area contributed by atoms with Crippen molar-refractivity contribution in [2.75, 3.05) is 5.73 Å². The third-order valence-corrected chi connectivity index (χ3v) is 3.29. The summed E-state index contributed by atoms with van der Waals surface area (Å²) < 4.78 is 1.79. The van der Waals surface area contributed by atoms with Gasteiger partial charge in [-0.2, -0.15) is 5.10 Å². The van der Waals surface area contributed by atoms with Crippen LogP contribution in [0.15, 0.2) is 27.2 Å². The van der Waals surface area contributed by atoms with Crippen molar-refractivity contribution in [2.24, 2.45) is 0 Å². The lowest BCUT2D eigenvalue weighted by molar-refractivity contribution is 0.601. The average molecular weight is 251 g/mol. The Hall–Kier alpha value is -1.76. The number of anilines is 1. The second kappa shape index (κ2) is 4.62. The van der Waals surface area contributed by atoms with Crippen molar-refractivity contribution >= 4 is 17.4 Å². The molecule has 0 spiro atoms. The molecule has 6 nitrogen and oxygen atoms in total. The topological polar surface area (TPSA) is 89.6 Å². The number of nitrogens with zero attached hydrogens (tertiary/aromatic N) is 3. The molecule has 17 heavy (non-hydrogen) atoms. The van der Waals surface area contributed by atoms with E-state index in [1.807, 2.05) is 13.8 Å². The zero-order chi connectivity index (χ0) is 12.4. The fourth-order valence-electron chi connectivity index (χ4n) is 1.39. The second-order valence-electron chi connectivity index (χ2n) is 3.46. The average Bonchev–Trinajstić information content (AvgIpc) is 2.57. The van der Waals surface area contributed by atoms with Gasteiger partial charge in [0, 0.05) is 18.8 Å². The Morgan fingerprint density at radius 3 is 3.00 bits per heavy atom. The zero-order valence-electron chi connectivity index (χ0n) is 9.60. The molecule has 2 rings (SSSR count). The summed E-state index contributed by atoms with van der Waals surface area (Å²) in [5.74, 6) is 0. The quantitative estimate of drug-likeness (QED) is 0.795. The fraction of sp³-hybridized carbons (Fsp3) is 0.300. The van der Waals surface area contributed by atoms with Gasteiger partial charge in [0.25, 0.3) is 5.56 Å². The molecule has 0 aromatic carbocycles. The maximum absolute atomic E-state index is 11.2. The molecule has 7 heteroatoms. The number of aromatic amines is 1. The van der Waals surface area contributed by atoms with E-state index < -0.39 is 0 Å². The first-order chi connectivity index (χ1) is 8.11. The largest absolute Gasteiger partial charge is 0.395 e. The molecule has 2 heterocycles. The van der Waals surface area contributed by atoms with Crippen LogP contribution in [0.5, 0.6) is 0 Å². The van der Waals surface area contributed by atoms with Gasteiger partial charge in [-0.1, -0.05) is 0 Å². The van der Waals surface area contributed by atoms with Gasteiger partial charge < -0.3 is 10.7 Å². The van der Waals surface area contributed by atoms with E-state index >= 15 is 0 Å². The smallest absolute Gasteiger partial charge is 0.251 e. The van der Waals surface area contributed by atoms with Gasteiger partial charge in [-0.15, -0.1) is 0 Å². The third-order valence-electron chi connectivity index (χ3n) is 2.27. The minimum Gasteiger partial charge on any atom is -0.395 e. The normalized spacial score (nSPS) is 10.7. The van der Waals surface area contributed by atoms with E-state index in [-0.39, 0.29) is 5.56 Å². The highest BCUT2D eigenvalue weighted by Crippen LogP contribution is 2.31. The molecule has 0 fully saturated rings. The molecular weight excluding hydrogens is 238 g/mol. The van der Waals surface area contributed by atoms with E-state index in [2.05, 4.69) is 15.1 Å². The van der Waals surface area contributed by atoms with Crippen molar-refractivity contribution in [1.82, 2.24) is 19.7 Å². The van der Waals surface area contributed by atoms with Gasteiger partial charge in [-0.05, 0) is 25.6 Å². The highest BCUT2D eigenvalue weighted by atomic mass is 32.2. The van der Waals surface area contributed by atoms with Gasteiger partial charge in [0.1, 0.15) is 5.03 Å². The van der Waals surface area contributed by atoms with Crippen molar-refractivity contribution in [2.45, 2.75) is 30.6 Å². The summed E-state index contributed by atoms with van der Waals surface area (Å²) in [7, 11) is 0. The summed E-state index contributed by atoms with van der Waals surface area (Å²) in [6.45, 7) is 4.56. The van der Waals surface area contributed by atoms with Crippen LogP contribution < -0.4 is 11.3 Å². The van der Waals surface area contributed by atoms with Crippen LogP contribution in [-0.4, -0.2) is 19.7 Å². The van der Waals surface area contributed by atoms with Gasteiger partial charge in [0.05, 0.1) is 11.4 Å². The van der Waals surface area contributed by atoms with E-state index in [1.54, 1.807) is 4.68 Å². The maximum Gasteiger partial charge on any atom is 0.251 e. The Morgan fingerprint density at radius 1 is 1.59 bits per heavy atom. The van der Waals surface area contributed by atoms with Crippen molar-refractivity contribution in [3.05, 3.63) is 28.3 Å². The van der Waals surface area contributed by atoms with Crippen molar-refractivity contribution in [3.63, 3.8) is 0 Å². The minimum atomic E-state index is -0.180. The summed E-state index contributed by atoms with van der Waals surface area (Å²) in [5.41, 5.74) is 7.17. The molecule has 0 aliphatic carbocycles. The van der Waals surface area contributed by atoms with Crippen LogP contribution in [0, 0.1) is 6.92 Å². The van der Waals surface area contributed by atoms with Crippen LogP contribution in [0.25, 0.3) is 0 Å². The first kappa shape index (κ1) is 11.7. The Labute approximate surface area is 102 Å². The lowest BCUT2D eigenvalue weighted by Crippen LogP contribution is -2.06. The standard InChI is InChI=1S/C10H13N5OS/c1-3-15-9(8(11)6(2)14-15)17-10-12-5-4-7(16)13-10/h4-5H,3,11H2,1-2H3,(H,12,13,16). The number of aromatic nitrogens is 4. The molecule has 0 bridgehead atoms. The number of rotatable bonds is 3. The lowest BCUT2D eigenvalue weighted by Gasteiger charge is -2.03. The maximum atomic E-state index is 11.2.